The summed E-state index contributed by atoms with van der Waals surface area (Å²) in [5.74, 6) is 0.731. The first kappa shape index (κ1) is 13.3. The molecule has 1 fully saturated rings. The number of amides is 1. The van der Waals surface area contributed by atoms with E-state index < -0.39 is 0 Å². The van der Waals surface area contributed by atoms with E-state index in [1.807, 2.05) is 9.42 Å². The molecule has 1 aliphatic heterocycles. The smallest absolute Gasteiger partial charge is 0.245 e. The fourth-order valence-corrected chi connectivity index (χ4v) is 3.49. The molecule has 1 atom stereocenters. The average Bonchev–Trinajstić information content (AvgIpc) is 3.04. The van der Waals surface area contributed by atoms with Crippen LogP contribution < -0.4 is 5.73 Å². The van der Waals surface area contributed by atoms with Crippen LogP contribution in [-0.4, -0.2) is 38.5 Å². The predicted octanol–water partition coefficient (Wildman–Crippen LogP) is 1.42. The van der Waals surface area contributed by atoms with Crippen LogP contribution in [0.2, 0.25) is 0 Å². The molecule has 1 unspecified atom stereocenters. The van der Waals surface area contributed by atoms with Crippen molar-refractivity contribution in [3.05, 3.63) is 34.3 Å². The number of aromatic nitrogens is 3. The Morgan fingerprint density at radius 3 is 3.15 bits per heavy atom. The molecular formula is C13H14IN5O. The fraction of sp³-hybridized carbons (Fsp3) is 0.308. The van der Waals surface area contributed by atoms with Crippen LogP contribution in [-0.2, 0) is 4.79 Å². The molecule has 1 aliphatic rings. The number of nitrogens with zero attached hydrogens (tertiary/aromatic N) is 4. The van der Waals surface area contributed by atoms with Gasteiger partial charge >= 0.3 is 0 Å². The minimum absolute atomic E-state index is 0.0165. The highest BCUT2D eigenvalue weighted by molar-refractivity contribution is 14.1. The Bertz CT molecular complexity index is 695. The number of carbonyl (C=O) groups is 1. The summed E-state index contributed by atoms with van der Waals surface area (Å²) < 4.78 is 2.88. The van der Waals surface area contributed by atoms with Crippen LogP contribution in [0, 0.1) is 3.57 Å². The zero-order valence-electron chi connectivity index (χ0n) is 10.8. The number of fused-ring (bicyclic) bond motifs is 1. The van der Waals surface area contributed by atoms with E-state index in [-0.39, 0.29) is 11.8 Å². The van der Waals surface area contributed by atoms with Gasteiger partial charge in [0.05, 0.1) is 0 Å². The number of hydrogen-bond donors (Lipinski definition) is 1. The van der Waals surface area contributed by atoms with E-state index in [2.05, 4.69) is 45.3 Å². The number of anilines is 1. The molecule has 20 heavy (non-hydrogen) atoms. The van der Waals surface area contributed by atoms with Gasteiger partial charge in [0.15, 0.2) is 5.82 Å². The normalized spacial score (nSPS) is 18.6. The minimum Gasteiger partial charge on any atom is -0.382 e. The Morgan fingerprint density at radius 2 is 2.40 bits per heavy atom. The van der Waals surface area contributed by atoms with Crippen molar-refractivity contribution in [3.63, 3.8) is 0 Å². The Labute approximate surface area is 129 Å². The van der Waals surface area contributed by atoms with E-state index >= 15 is 0 Å². The number of hydrogen-bond acceptors (Lipinski definition) is 4. The van der Waals surface area contributed by atoms with E-state index in [1.165, 1.54) is 12.4 Å². The van der Waals surface area contributed by atoms with Gasteiger partial charge < -0.3 is 10.6 Å². The van der Waals surface area contributed by atoms with Crippen molar-refractivity contribution in [1.29, 1.82) is 0 Å². The first-order chi connectivity index (χ1) is 9.61. The van der Waals surface area contributed by atoms with Gasteiger partial charge in [-0.3, -0.25) is 4.79 Å². The zero-order chi connectivity index (χ0) is 14.3. The molecule has 3 rings (SSSR count). The van der Waals surface area contributed by atoms with Crippen LogP contribution in [0.5, 0.6) is 0 Å². The number of nitrogen functional groups attached to an aromatic ring is 1. The summed E-state index contributed by atoms with van der Waals surface area (Å²) in [6, 6.07) is 2.08. The molecule has 0 radical (unpaired) electrons. The first-order valence-corrected chi connectivity index (χ1v) is 7.38. The summed E-state index contributed by atoms with van der Waals surface area (Å²) in [7, 11) is 0. The Morgan fingerprint density at radius 1 is 1.60 bits per heavy atom. The lowest BCUT2D eigenvalue weighted by Gasteiger charge is -2.14. The van der Waals surface area contributed by atoms with Crippen molar-refractivity contribution in [2.45, 2.75) is 12.3 Å². The number of carbonyl (C=O) groups excluding carboxylic acids is 1. The molecule has 3 heterocycles. The lowest BCUT2D eigenvalue weighted by atomic mass is 10.1. The summed E-state index contributed by atoms with van der Waals surface area (Å²) >= 11 is 2.24. The lowest BCUT2D eigenvalue weighted by Crippen LogP contribution is -2.26. The highest BCUT2D eigenvalue weighted by Crippen LogP contribution is 2.31. The van der Waals surface area contributed by atoms with Crippen molar-refractivity contribution in [2.75, 3.05) is 18.8 Å². The topological polar surface area (TPSA) is 76.5 Å². The number of nitrogens with two attached hydrogens (primary N) is 1. The number of rotatable bonds is 2. The van der Waals surface area contributed by atoms with Crippen LogP contribution in [0.1, 0.15) is 18.0 Å². The third kappa shape index (κ3) is 2.05. The van der Waals surface area contributed by atoms with Crippen LogP contribution in [0.4, 0.5) is 5.82 Å². The van der Waals surface area contributed by atoms with Crippen molar-refractivity contribution >= 4 is 39.8 Å². The summed E-state index contributed by atoms with van der Waals surface area (Å²) in [4.78, 5) is 17.5. The Kier molecular flexibility index (Phi) is 3.36. The second-order valence-corrected chi connectivity index (χ2v) is 5.96. The summed E-state index contributed by atoms with van der Waals surface area (Å²) in [5.41, 5.74) is 7.84. The molecule has 2 N–H and O–H groups in total. The van der Waals surface area contributed by atoms with E-state index in [0.717, 1.165) is 27.7 Å². The quantitative estimate of drug-likeness (QED) is 0.629. The maximum Gasteiger partial charge on any atom is 0.245 e. The van der Waals surface area contributed by atoms with Gasteiger partial charge in [-0.1, -0.05) is 6.58 Å². The van der Waals surface area contributed by atoms with Crippen LogP contribution in [0.15, 0.2) is 25.0 Å². The average molecular weight is 383 g/mol. The van der Waals surface area contributed by atoms with Gasteiger partial charge in [-0.25, -0.2) is 9.50 Å². The van der Waals surface area contributed by atoms with Gasteiger partial charge in [0.2, 0.25) is 5.91 Å². The van der Waals surface area contributed by atoms with Crippen LogP contribution >= 0.6 is 22.6 Å². The van der Waals surface area contributed by atoms with Gasteiger partial charge in [-0.2, -0.15) is 5.10 Å². The maximum atomic E-state index is 11.7. The largest absolute Gasteiger partial charge is 0.382 e. The third-order valence-corrected chi connectivity index (χ3v) is 4.48. The van der Waals surface area contributed by atoms with Crippen molar-refractivity contribution in [1.82, 2.24) is 19.5 Å². The molecule has 0 aromatic carbocycles. The molecule has 7 heteroatoms. The minimum atomic E-state index is -0.0165. The van der Waals surface area contributed by atoms with E-state index in [4.69, 9.17) is 5.73 Å². The molecule has 0 saturated carbocycles. The fourth-order valence-electron chi connectivity index (χ4n) is 2.67. The molecule has 2 aromatic rings. The van der Waals surface area contributed by atoms with Crippen molar-refractivity contribution < 1.29 is 4.79 Å². The molecule has 2 aromatic heterocycles. The second kappa shape index (κ2) is 5.04. The second-order valence-electron chi connectivity index (χ2n) is 4.80. The molecule has 1 saturated heterocycles. The van der Waals surface area contributed by atoms with E-state index in [1.54, 1.807) is 0 Å². The predicted molar refractivity (Wildman–Crippen MR) is 84.3 cm³/mol. The molecular weight excluding hydrogens is 369 g/mol. The van der Waals surface area contributed by atoms with Gasteiger partial charge in [0.25, 0.3) is 0 Å². The Hall–Kier alpha value is -1.64. The monoisotopic (exact) mass is 383 g/mol. The molecule has 1 amide bonds. The van der Waals surface area contributed by atoms with Gasteiger partial charge in [0, 0.05) is 28.3 Å². The lowest BCUT2D eigenvalue weighted by molar-refractivity contribution is -0.125. The summed E-state index contributed by atoms with van der Waals surface area (Å²) in [6.45, 7) is 4.98. The Balaban J connectivity index is 1.98. The van der Waals surface area contributed by atoms with Crippen LogP contribution in [0.3, 0.4) is 0 Å². The van der Waals surface area contributed by atoms with Gasteiger partial charge in [-0.15, -0.1) is 0 Å². The summed E-state index contributed by atoms with van der Waals surface area (Å²) in [5, 5.41) is 4.29. The number of likely N-dealkylation sites (tertiary alicyclic amines) is 1. The van der Waals surface area contributed by atoms with Gasteiger partial charge in [0.1, 0.15) is 11.8 Å². The zero-order valence-corrected chi connectivity index (χ0v) is 12.9. The standard InChI is InChI=1S/C13H14IN5O/c1-2-11(20)18-4-3-8(6-18)10-5-9(14)12-13(15)16-7-17-19(10)12/h2,5,7-8H,1,3-4,6H2,(H2,15,16,17). The highest BCUT2D eigenvalue weighted by Gasteiger charge is 2.29. The highest BCUT2D eigenvalue weighted by atomic mass is 127. The first-order valence-electron chi connectivity index (χ1n) is 6.30. The molecule has 6 nitrogen and oxygen atoms in total. The van der Waals surface area contributed by atoms with E-state index in [9.17, 15) is 4.79 Å². The summed E-state index contributed by atoms with van der Waals surface area (Å²) in [6.07, 6.45) is 3.75. The SMILES string of the molecule is C=CC(=O)N1CCC(c2cc(I)c3c(N)ncnn23)C1. The maximum absolute atomic E-state index is 11.7. The van der Waals surface area contributed by atoms with Gasteiger partial charge in [-0.05, 0) is 41.2 Å². The number of halogens is 1. The van der Waals surface area contributed by atoms with Crippen molar-refractivity contribution in [3.8, 4) is 0 Å². The molecule has 104 valence electrons. The third-order valence-electron chi connectivity index (χ3n) is 3.66. The van der Waals surface area contributed by atoms with Crippen LogP contribution in [0.25, 0.3) is 5.52 Å². The van der Waals surface area contributed by atoms with E-state index in [0.29, 0.717) is 12.4 Å². The molecule has 0 bridgehead atoms. The molecule has 0 aliphatic carbocycles. The van der Waals surface area contributed by atoms with Crippen molar-refractivity contribution in [2.24, 2.45) is 0 Å². The molecule has 0 spiro atoms.